The summed E-state index contributed by atoms with van der Waals surface area (Å²) in [5.41, 5.74) is 0.570. The van der Waals surface area contributed by atoms with Crippen molar-refractivity contribution in [3.8, 4) is 0 Å². The number of aromatic nitrogens is 2. The summed E-state index contributed by atoms with van der Waals surface area (Å²) in [5, 5.41) is 32.3. The maximum absolute atomic E-state index is 10.2. The second-order valence-electron chi connectivity index (χ2n) is 5.27. The minimum Gasteiger partial charge on any atom is -0.394 e. The van der Waals surface area contributed by atoms with E-state index in [0.717, 1.165) is 0 Å². The lowest BCUT2D eigenvalue weighted by atomic mass is 10.1. The summed E-state index contributed by atoms with van der Waals surface area (Å²) in [7, 11) is 3.50. The number of aliphatic imine (C=N–C) groups is 1. The van der Waals surface area contributed by atoms with Crippen molar-refractivity contribution >= 4 is 23.7 Å². The number of likely N-dealkylation sites (N-methyl/N-ethyl adjacent to an activating group) is 1. The largest absolute Gasteiger partial charge is 0.394 e. The third kappa shape index (κ3) is 1.93. The fourth-order valence-corrected chi connectivity index (χ4v) is 2.77. The van der Waals surface area contributed by atoms with Crippen LogP contribution in [0.5, 0.6) is 0 Å². The Hall–Kier alpha value is -1.65. The molecule has 4 N–H and O–H groups in total. The molecule has 0 aliphatic carbocycles. The molecule has 3 rings (SSSR count). The SMILES string of the molecule is CNc1ncnc2c1N=C[N+]2(C)[C@@H]1O[C@H](CO)[C@@H](O)[C@H]1O. The first-order valence-electron chi connectivity index (χ1n) is 6.59. The number of hydrogen-bond acceptors (Lipinski definition) is 8. The summed E-state index contributed by atoms with van der Waals surface area (Å²) in [5.74, 6) is 1.13. The smallest absolute Gasteiger partial charge is 0.267 e. The number of fused-ring (bicyclic) bond motifs is 1. The van der Waals surface area contributed by atoms with Crippen molar-refractivity contribution in [1.29, 1.82) is 0 Å². The number of hydrogen-bond donors (Lipinski definition) is 4. The molecule has 9 heteroatoms. The van der Waals surface area contributed by atoms with Crippen molar-refractivity contribution < 1.29 is 20.1 Å². The summed E-state index contributed by atoms with van der Waals surface area (Å²) in [6, 6.07) is 0. The van der Waals surface area contributed by atoms with Gasteiger partial charge in [-0.1, -0.05) is 0 Å². The third-order valence-electron chi connectivity index (χ3n) is 3.97. The normalized spacial score (nSPS) is 37.8. The molecule has 5 atom stereocenters. The van der Waals surface area contributed by atoms with Crippen LogP contribution in [0.2, 0.25) is 0 Å². The van der Waals surface area contributed by atoms with Gasteiger partial charge < -0.3 is 25.4 Å². The highest BCUT2D eigenvalue weighted by Gasteiger charge is 2.55. The average Bonchev–Trinajstić information content (AvgIpc) is 2.99. The van der Waals surface area contributed by atoms with Gasteiger partial charge in [0, 0.05) is 7.05 Å². The number of ether oxygens (including phenoxy) is 1. The maximum Gasteiger partial charge on any atom is 0.267 e. The molecule has 0 amide bonds. The van der Waals surface area contributed by atoms with Gasteiger partial charge in [-0.15, -0.1) is 0 Å². The van der Waals surface area contributed by atoms with Crippen LogP contribution in [0.1, 0.15) is 0 Å². The number of rotatable bonds is 3. The lowest BCUT2D eigenvalue weighted by Gasteiger charge is -2.31. The molecule has 2 aliphatic heterocycles. The van der Waals surface area contributed by atoms with Gasteiger partial charge in [-0.3, -0.25) is 0 Å². The zero-order chi connectivity index (χ0) is 15.2. The number of anilines is 1. The summed E-state index contributed by atoms with van der Waals surface area (Å²) < 4.78 is 5.58. The summed E-state index contributed by atoms with van der Waals surface area (Å²) in [4.78, 5) is 12.6. The quantitative estimate of drug-likeness (QED) is 0.505. The van der Waals surface area contributed by atoms with Crippen molar-refractivity contribution in [1.82, 2.24) is 14.5 Å². The Morgan fingerprint density at radius 2 is 2.10 bits per heavy atom. The predicted molar refractivity (Wildman–Crippen MR) is 75.2 cm³/mol. The molecular formula is C12H18N5O4+. The Morgan fingerprint density at radius 1 is 1.33 bits per heavy atom. The van der Waals surface area contributed by atoms with Gasteiger partial charge in [0.15, 0.2) is 23.9 Å². The second kappa shape index (κ2) is 4.97. The van der Waals surface area contributed by atoms with Crippen molar-refractivity contribution in [3.05, 3.63) is 6.33 Å². The fourth-order valence-electron chi connectivity index (χ4n) is 2.77. The number of nitrogens with zero attached hydrogens (tertiary/aromatic N) is 4. The van der Waals surface area contributed by atoms with Crippen LogP contribution in [0.25, 0.3) is 0 Å². The Kier molecular flexibility index (Phi) is 3.38. The highest BCUT2D eigenvalue weighted by molar-refractivity contribution is 5.91. The molecule has 0 saturated carbocycles. The van der Waals surface area contributed by atoms with Crippen molar-refractivity contribution in [2.75, 3.05) is 26.0 Å². The number of aliphatic hydroxyl groups is 3. The van der Waals surface area contributed by atoms with Crippen molar-refractivity contribution in [2.24, 2.45) is 4.99 Å². The first-order chi connectivity index (χ1) is 10.0. The van der Waals surface area contributed by atoms with Crippen LogP contribution in [-0.2, 0) is 4.74 Å². The van der Waals surface area contributed by atoms with Crippen molar-refractivity contribution in [3.63, 3.8) is 0 Å². The van der Waals surface area contributed by atoms with Crippen LogP contribution in [0, 0.1) is 0 Å². The Labute approximate surface area is 121 Å². The van der Waals surface area contributed by atoms with E-state index in [-0.39, 0.29) is 11.1 Å². The molecule has 0 bridgehead atoms. The molecule has 3 heterocycles. The van der Waals surface area contributed by atoms with Gasteiger partial charge >= 0.3 is 0 Å². The molecule has 0 spiro atoms. The lowest BCUT2D eigenvalue weighted by Crippen LogP contribution is -2.57. The summed E-state index contributed by atoms with van der Waals surface area (Å²) in [6.45, 7) is -0.371. The molecule has 114 valence electrons. The predicted octanol–water partition coefficient (Wildman–Crippen LogP) is -1.43. The molecular weight excluding hydrogens is 278 g/mol. The molecule has 21 heavy (non-hydrogen) atoms. The van der Waals surface area contributed by atoms with Crippen LogP contribution in [-0.4, -0.2) is 76.9 Å². The average molecular weight is 296 g/mol. The highest BCUT2D eigenvalue weighted by Crippen LogP contribution is 2.43. The molecule has 1 aromatic rings. The number of quaternary nitrogens is 1. The third-order valence-corrected chi connectivity index (χ3v) is 3.97. The van der Waals surface area contributed by atoms with E-state index in [4.69, 9.17) is 4.74 Å². The van der Waals surface area contributed by atoms with Crippen LogP contribution in [0.3, 0.4) is 0 Å². The molecule has 1 unspecified atom stereocenters. The molecule has 0 radical (unpaired) electrons. The Bertz CT molecular complexity index is 583. The summed E-state index contributed by atoms with van der Waals surface area (Å²) in [6.07, 6.45) is -0.960. The van der Waals surface area contributed by atoms with E-state index in [1.54, 1.807) is 20.4 Å². The molecule has 2 aliphatic rings. The van der Waals surface area contributed by atoms with E-state index < -0.39 is 24.5 Å². The maximum atomic E-state index is 10.2. The van der Waals surface area contributed by atoms with Crippen molar-refractivity contribution in [2.45, 2.75) is 24.5 Å². The standard InChI is InChI=1S/C12H18N5O4/c1-13-10-7-11(15-4-14-10)17(2,5-16-7)12-9(20)8(19)6(3-18)21-12/h4-6,8-9,12,18-20H,3H2,1-2H3,(H,13,14,15)/q+1/t6-,8-,9-,12-,17?/m1/s1. The summed E-state index contributed by atoms with van der Waals surface area (Å²) >= 11 is 0. The van der Waals surface area contributed by atoms with E-state index in [2.05, 4.69) is 20.3 Å². The number of nitrogens with one attached hydrogen (secondary N) is 1. The van der Waals surface area contributed by atoms with Crippen LogP contribution < -0.4 is 9.80 Å². The van der Waals surface area contributed by atoms with Gasteiger partial charge in [-0.2, -0.15) is 9.98 Å². The van der Waals surface area contributed by atoms with Gasteiger partial charge in [0.2, 0.25) is 6.23 Å². The Morgan fingerprint density at radius 3 is 2.71 bits per heavy atom. The van der Waals surface area contributed by atoms with Crippen LogP contribution in [0.4, 0.5) is 17.3 Å². The van der Waals surface area contributed by atoms with Gasteiger partial charge in [0.05, 0.1) is 13.7 Å². The first kappa shape index (κ1) is 14.3. The van der Waals surface area contributed by atoms with Gasteiger partial charge in [-0.05, 0) is 0 Å². The van der Waals surface area contributed by atoms with E-state index in [1.165, 1.54) is 6.33 Å². The monoisotopic (exact) mass is 296 g/mol. The van der Waals surface area contributed by atoms with E-state index in [9.17, 15) is 15.3 Å². The molecule has 9 nitrogen and oxygen atoms in total. The molecule has 1 aromatic heterocycles. The lowest BCUT2D eigenvalue weighted by molar-refractivity contribution is -0.0602. The van der Waals surface area contributed by atoms with Gasteiger partial charge in [-0.25, -0.2) is 9.47 Å². The van der Waals surface area contributed by atoms with Gasteiger partial charge in [0.1, 0.15) is 18.5 Å². The van der Waals surface area contributed by atoms with E-state index in [0.29, 0.717) is 17.3 Å². The molecule has 1 saturated heterocycles. The topological polar surface area (TPSA) is 120 Å². The number of aliphatic hydroxyl groups excluding tert-OH is 3. The van der Waals surface area contributed by atoms with E-state index in [1.807, 2.05) is 0 Å². The minimum atomic E-state index is -1.16. The first-order valence-corrected chi connectivity index (χ1v) is 6.59. The second-order valence-corrected chi connectivity index (χ2v) is 5.27. The van der Waals surface area contributed by atoms with Crippen LogP contribution >= 0.6 is 0 Å². The van der Waals surface area contributed by atoms with E-state index >= 15 is 0 Å². The zero-order valence-corrected chi connectivity index (χ0v) is 11.7. The van der Waals surface area contributed by atoms with Crippen LogP contribution in [0.15, 0.2) is 11.3 Å². The zero-order valence-electron chi connectivity index (χ0n) is 11.7. The minimum absolute atomic E-state index is 0.0265. The fraction of sp³-hybridized carbons (Fsp3) is 0.583. The molecule has 0 aromatic carbocycles. The highest BCUT2D eigenvalue weighted by atomic mass is 16.6. The Balaban J connectivity index is 2.00. The van der Waals surface area contributed by atoms with Gasteiger partial charge in [0.25, 0.3) is 5.82 Å². The molecule has 1 fully saturated rings.